The number of fused-ring (bicyclic) bond motifs is 1. The molecule has 21 heavy (non-hydrogen) atoms. The van der Waals surface area contributed by atoms with Gasteiger partial charge >= 0.3 is 0 Å². The molecule has 0 N–H and O–H groups in total. The Bertz CT molecular complexity index is 760. The largest absolute Gasteiger partial charge is 0.360 e. The fourth-order valence-corrected chi connectivity index (χ4v) is 2.35. The molecule has 0 aliphatic heterocycles. The standard InChI is InChI=1S/C15H19N5O/c1-5-12-8-14(19(4)9-13-6-7-16-21-13)20-15(17-12)10(2)11(3)18-20/h6-8H,5,9H2,1-4H3. The molecule has 0 bridgehead atoms. The van der Waals surface area contributed by atoms with Gasteiger partial charge in [0.15, 0.2) is 11.4 Å². The number of hydrogen-bond donors (Lipinski definition) is 0. The molecule has 3 rings (SSSR count). The summed E-state index contributed by atoms with van der Waals surface area (Å²) in [5.41, 5.74) is 4.11. The molecule has 6 nitrogen and oxygen atoms in total. The molecule has 0 fully saturated rings. The Balaban J connectivity index is 2.09. The summed E-state index contributed by atoms with van der Waals surface area (Å²) in [4.78, 5) is 6.79. The highest BCUT2D eigenvalue weighted by atomic mass is 16.5. The van der Waals surface area contributed by atoms with Gasteiger partial charge in [0.2, 0.25) is 0 Å². The van der Waals surface area contributed by atoms with Gasteiger partial charge in [0.1, 0.15) is 5.82 Å². The molecule has 110 valence electrons. The van der Waals surface area contributed by atoms with Gasteiger partial charge in [0, 0.05) is 30.4 Å². The molecule has 3 aromatic rings. The summed E-state index contributed by atoms with van der Waals surface area (Å²) in [6.07, 6.45) is 2.55. The first-order chi connectivity index (χ1) is 10.1. The van der Waals surface area contributed by atoms with Gasteiger partial charge in [-0.05, 0) is 20.3 Å². The van der Waals surface area contributed by atoms with Gasteiger partial charge in [0.05, 0.1) is 18.4 Å². The van der Waals surface area contributed by atoms with Crippen LogP contribution in [0.15, 0.2) is 22.9 Å². The molecule has 3 aromatic heterocycles. The summed E-state index contributed by atoms with van der Waals surface area (Å²) in [7, 11) is 2.02. The summed E-state index contributed by atoms with van der Waals surface area (Å²) >= 11 is 0. The number of aromatic nitrogens is 4. The summed E-state index contributed by atoms with van der Waals surface area (Å²) in [5, 5.41) is 8.35. The second-order valence-electron chi connectivity index (χ2n) is 5.24. The van der Waals surface area contributed by atoms with Crippen LogP contribution in [0, 0.1) is 13.8 Å². The van der Waals surface area contributed by atoms with Crippen LogP contribution in [-0.2, 0) is 13.0 Å². The molecule has 0 spiro atoms. The third-order valence-corrected chi connectivity index (χ3v) is 3.73. The molecule has 0 saturated heterocycles. The van der Waals surface area contributed by atoms with E-state index in [1.54, 1.807) is 6.20 Å². The quantitative estimate of drug-likeness (QED) is 0.737. The van der Waals surface area contributed by atoms with E-state index in [2.05, 4.69) is 35.1 Å². The molecular formula is C15H19N5O. The van der Waals surface area contributed by atoms with Crippen LogP contribution in [0.2, 0.25) is 0 Å². The number of aryl methyl sites for hydroxylation is 3. The molecule has 6 heteroatoms. The molecule has 0 aliphatic rings. The van der Waals surface area contributed by atoms with Crippen LogP contribution in [0.1, 0.15) is 29.6 Å². The van der Waals surface area contributed by atoms with Crippen LogP contribution < -0.4 is 4.90 Å². The molecular weight excluding hydrogens is 266 g/mol. The molecule has 0 saturated carbocycles. The molecule has 0 aromatic carbocycles. The predicted octanol–water partition coefficient (Wildman–Crippen LogP) is 2.53. The lowest BCUT2D eigenvalue weighted by Crippen LogP contribution is -2.20. The fraction of sp³-hybridized carbons (Fsp3) is 0.400. The van der Waals surface area contributed by atoms with Crippen molar-refractivity contribution in [2.75, 3.05) is 11.9 Å². The number of rotatable bonds is 4. The minimum absolute atomic E-state index is 0.639. The number of hydrogen-bond acceptors (Lipinski definition) is 5. The van der Waals surface area contributed by atoms with E-state index in [0.717, 1.165) is 40.6 Å². The average molecular weight is 285 g/mol. The van der Waals surface area contributed by atoms with Crippen molar-refractivity contribution in [3.05, 3.63) is 41.0 Å². The van der Waals surface area contributed by atoms with Crippen LogP contribution >= 0.6 is 0 Å². The summed E-state index contributed by atoms with van der Waals surface area (Å²) in [6.45, 7) is 6.82. The van der Waals surface area contributed by atoms with Gasteiger partial charge in [0.25, 0.3) is 0 Å². The highest BCUT2D eigenvalue weighted by Crippen LogP contribution is 2.22. The van der Waals surface area contributed by atoms with Crippen molar-refractivity contribution in [3.8, 4) is 0 Å². The van der Waals surface area contributed by atoms with Crippen LogP contribution in [0.4, 0.5) is 5.82 Å². The fourth-order valence-electron chi connectivity index (χ4n) is 2.35. The zero-order valence-electron chi connectivity index (χ0n) is 12.8. The Morgan fingerprint density at radius 2 is 2.14 bits per heavy atom. The van der Waals surface area contributed by atoms with Crippen molar-refractivity contribution >= 4 is 11.5 Å². The lowest BCUT2D eigenvalue weighted by atomic mass is 10.2. The molecule has 0 radical (unpaired) electrons. The Morgan fingerprint density at radius 3 is 2.81 bits per heavy atom. The van der Waals surface area contributed by atoms with E-state index in [0.29, 0.717) is 6.54 Å². The van der Waals surface area contributed by atoms with Gasteiger partial charge in [-0.1, -0.05) is 12.1 Å². The van der Waals surface area contributed by atoms with E-state index in [-0.39, 0.29) is 0 Å². The molecule has 0 aliphatic carbocycles. The summed E-state index contributed by atoms with van der Waals surface area (Å²) in [5.74, 6) is 1.82. The van der Waals surface area contributed by atoms with E-state index in [1.165, 1.54) is 0 Å². The van der Waals surface area contributed by atoms with Crippen molar-refractivity contribution in [1.29, 1.82) is 0 Å². The van der Waals surface area contributed by atoms with Gasteiger partial charge in [-0.15, -0.1) is 0 Å². The maximum atomic E-state index is 5.19. The third-order valence-electron chi connectivity index (χ3n) is 3.73. The van der Waals surface area contributed by atoms with Crippen LogP contribution in [0.3, 0.4) is 0 Å². The van der Waals surface area contributed by atoms with Crippen molar-refractivity contribution in [2.45, 2.75) is 33.7 Å². The van der Waals surface area contributed by atoms with E-state index < -0.39 is 0 Å². The van der Waals surface area contributed by atoms with Crippen LogP contribution in [0.5, 0.6) is 0 Å². The van der Waals surface area contributed by atoms with E-state index in [4.69, 9.17) is 9.51 Å². The van der Waals surface area contributed by atoms with Gasteiger partial charge in [-0.3, -0.25) is 0 Å². The third kappa shape index (κ3) is 2.37. The number of anilines is 1. The van der Waals surface area contributed by atoms with E-state index in [9.17, 15) is 0 Å². The van der Waals surface area contributed by atoms with Gasteiger partial charge < -0.3 is 9.42 Å². The highest BCUT2D eigenvalue weighted by Gasteiger charge is 2.15. The first kappa shape index (κ1) is 13.6. The Labute approximate surface area is 123 Å². The summed E-state index contributed by atoms with van der Waals surface area (Å²) < 4.78 is 7.09. The average Bonchev–Trinajstić information content (AvgIpc) is 3.08. The molecule has 0 unspecified atom stereocenters. The van der Waals surface area contributed by atoms with Crippen LogP contribution in [-0.4, -0.2) is 26.8 Å². The van der Waals surface area contributed by atoms with E-state index in [1.807, 2.05) is 24.6 Å². The topological polar surface area (TPSA) is 59.5 Å². The Kier molecular flexibility index (Phi) is 3.37. The first-order valence-corrected chi connectivity index (χ1v) is 7.06. The lowest BCUT2D eigenvalue weighted by Gasteiger charge is -2.19. The molecule has 0 amide bonds. The SMILES string of the molecule is CCc1cc(N(C)Cc2ccno2)n2nc(C)c(C)c2n1. The van der Waals surface area contributed by atoms with Crippen molar-refractivity contribution in [2.24, 2.45) is 0 Å². The first-order valence-electron chi connectivity index (χ1n) is 7.06. The predicted molar refractivity (Wildman–Crippen MR) is 80.4 cm³/mol. The molecule has 3 heterocycles. The molecule has 0 atom stereocenters. The second-order valence-corrected chi connectivity index (χ2v) is 5.24. The summed E-state index contributed by atoms with van der Waals surface area (Å²) in [6, 6.07) is 3.95. The normalized spacial score (nSPS) is 11.2. The van der Waals surface area contributed by atoms with Crippen molar-refractivity contribution in [3.63, 3.8) is 0 Å². The monoisotopic (exact) mass is 285 g/mol. The van der Waals surface area contributed by atoms with E-state index >= 15 is 0 Å². The highest BCUT2D eigenvalue weighted by molar-refractivity contribution is 5.56. The van der Waals surface area contributed by atoms with Crippen LogP contribution in [0.25, 0.3) is 5.65 Å². The van der Waals surface area contributed by atoms with Crippen molar-refractivity contribution < 1.29 is 4.52 Å². The minimum Gasteiger partial charge on any atom is -0.360 e. The maximum Gasteiger partial charge on any atom is 0.160 e. The minimum atomic E-state index is 0.639. The zero-order chi connectivity index (χ0) is 15.0. The Morgan fingerprint density at radius 1 is 1.33 bits per heavy atom. The smallest absolute Gasteiger partial charge is 0.160 e. The maximum absolute atomic E-state index is 5.19. The zero-order valence-corrected chi connectivity index (χ0v) is 12.8. The van der Waals surface area contributed by atoms with Gasteiger partial charge in [-0.2, -0.15) is 9.61 Å². The van der Waals surface area contributed by atoms with Crippen molar-refractivity contribution in [1.82, 2.24) is 19.8 Å². The second kappa shape index (κ2) is 5.20. The Hall–Kier alpha value is -2.37. The lowest BCUT2D eigenvalue weighted by molar-refractivity contribution is 0.382. The van der Waals surface area contributed by atoms with Gasteiger partial charge in [-0.25, -0.2) is 4.98 Å². The number of nitrogens with zero attached hydrogens (tertiary/aromatic N) is 5.